The number of carbonyl (C=O) groups excluding carboxylic acids is 1. The molecular formula is C23H19NO4. The van der Waals surface area contributed by atoms with Gasteiger partial charge in [-0.3, -0.25) is 4.79 Å². The molecule has 0 amide bonds. The van der Waals surface area contributed by atoms with E-state index in [1.807, 2.05) is 43.3 Å². The summed E-state index contributed by atoms with van der Waals surface area (Å²) in [6, 6.07) is 16.7. The van der Waals surface area contributed by atoms with Crippen molar-refractivity contribution in [3.05, 3.63) is 87.2 Å². The summed E-state index contributed by atoms with van der Waals surface area (Å²) in [5, 5.41) is 0.750. The van der Waals surface area contributed by atoms with Crippen molar-refractivity contribution in [2.24, 2.45) is 0 Å². The second-order valence-corrected chi connectivity index (χ2v) is 6.78. The van der Waals surface area contributed by atoms with Gasteiger partial charge in [0.05, 0.1) is 28.6 Å². The van der Waals surface area contributed by atoms with Crippen LogP contribution in [-0.2, 0) is 11.2 Å². The Kier molecular flexibility index (Phi) is 4.65. The summed E-state index contributed by atoms with van der Waals surface area (Å²) in [5.41, 5.74) is 3.29. The van der Waals surface area contributed by atoms with E-state index in [1.165, 1.54) is 6.07 Å². The van der Waals surface area contributed by atoms with Crippen LogP contribution in [0.2, 0.25) is 0 Å². The molecule has 5 nitrogen and oxygen atoms in total. The van der Waals surface area contributed by atoms with Crippen molar-refractivity contribution < 1.29 is 13.9 Å². The Bertz CT molecular complexity index is 1240. The van der Waals surface area contributed by atoms with Gasteiger partial charge in [-0.15, -0.1) is 0 Å². The molecule has 140 valence electrons. The van der Waals surface area contributed by atoms with Crippen molar-refractivity contribution in [2.75, 3.05) is 6.61 Å². The van der Waals surface area contributed by atoms with E-state index in [0.29, 0.717) is 23.1 Å². The van der Waals surface area contributed by atoms with E-state index in [2.05, 4.69) is 4.98 Å². The number of carbonyl (C=O) groups is 1. The molecule has 0 atom stereocenters. The Hall–Kier alpha value is -3.47. The van der Waals surface area contributed by atoms with Crippen molar-refractivity contribution in [3.8, 4) is 0 Å². The molecule has 0 aliphatic rings. The Morgan fingerprint density at radius 2 is 1.82 bits per heavy atom. The molecule has 0 unspecified atom stereocenters. The van der Waals surface area contributed by atoms with Gasteiger partial charge in [-0.25, -0.2) is 9.78 Å². The van der Waals surface area contributed by atoms with Gasteiger partial charge in [-0.2, -0.15) is 0 Å². The Morgan fingerprint density at radius 3 is 2.61 bits per heavy atom. The molecule has 0 aliphatic heterocycles. The Balaban J connectivity index is 1.66. The van der Waals surface area contributed by atoms with Gasteiger partial charge in [0, 0.05) is 6.42 Å². The molecule has 0 saturated carbocycles. The maximum atomic E-state index is 12.9. The van der Waals surface area contributed by atoms with Crippen LogP contribution < -0.4 is 5.43 Å². The van der Waals surface area contributed by atoms with Crippen LogP contribution in [0.3, 0.4) is 0 Å². The molecule has 4 aromatic rings. The maximum absolute atomic E-state index is 12.9. The van der Waals surface area contributed by atoms with Crippen LogP contribution >= 0.6 is 0 Å². The summed E-state index contributed by atoms with van der Waals surface area (Å²) in [6.45, 7) is 3.87. The van der Waals surface area contributed by atoms with Crippen molar-refractivity contribution in [1.29, 1.82) is 0 Å². The molecule has 0 aliphatic carbocycles. The van der Waals surface area contributed by atoms with Crippen molar-refractivity contribution >= 4 is 28.0 Å². The molecule has 0 radical (unpaired) electrons. The van der Waals surface area contributed by atoms with E-state index in [-0.39, 0.29) is 28.7 Å². The molecular weight excluding hydrogens is 354 g/mol. The van der Waals surface area contributed by atoms with Crippen molar-refractivity contribution in [3.63, 3.8) is 0 Å². The molecule has 5 heteroatoms. The molecule has 2 aromatic heterocycles. The first-order valence-electron chi connectivity index (χ1n) is 9.09. The second-order valence-electron chi connectivity index (χ2n) is 6.78. The van der Waals surface area contributed by atoms with Gasteiger partial charge in [-0.05, 0) is 37.6 Å². The number of aromatic nitrogens is 1. The summed E-state index contributed by atoms with van der Waals surface area (Å²) in [7, 11) is 0. The first-order chi connectivity index (χ1) is 13.5. The van der Waals surface area contributed by atoms with Crippen LogP contribution in [0.5, 0.6) is 0 Å². The zero-order valence-electron chi connectivity index (χ0n) is 15.7. The summed E-state index contributed by atoms with van der Waals surface area (Å²) >= 11 is 0. The van der Waals surface area contributed by atoms with Gasteiger partial charge in [0.15, 0.2) is 0 Å². The number of rotatable bonds is 4. The average molecular weight is 373 g/mol. The Morgan fingerprint density at radius 1 is 1.04 bits per heavy atom. The third kappa shape index (κ3) is 3.39. The topological polar surface area (TPSA) is 69.4 Å². The molecule has 2 aromatic carbocycles. The smallest absolute Gasteiger partial charge is 0.340 e. The number of ether oxygens (including phenoxy) is 1. The number of nitrogens with zero attached hydrogens (tertiary/aromatic N) is 1. The number of aryl methyl sites for hydroxylation is 2. The predicted octanol–water partition coefficient (Wildman–Crippen LogP) is 4.36. The molecule has 0 bridgehead atoms. The molecule has 0 fully saturated rings. The summed E-state index contributed by atoms with van der Waals surface area (Å²) in [6.07, 6.45) is 0.624. The van der Waals surface area contributed by atoms with Gasteiger partial charge in [-0.1, -0.05) is 42.0 Å². The van der Waals surface area contributed by atoms with Gasteiger partial charge in [0.1, 0.15) is 5.58 Å². The fourth-order valence-corrected chi connectivity index (χ4v) is 3.17. The Labute approximate surface area is 161 Å². The molecule has 0 spiro atoms. The zero-order valence-corrected chi connectivity index (χ0v) is 15.7. The van der Waals surface area contributed by atoms with E-state index in [9.17, 15) is 9.59 Å². The lowest BCUT2D eigenvalue weighted by Gasteiger charge is -2.08. The lowest BCUT2D eigenvalue weighted by atomic mass is 10.1. The second kappa shape index (κ2) is 7.27. The third-order valence-electron chi connectivity index (χ3n) is 4.70. The highest BCUT2D eigenvalue weighted by atomic mass is 16.5. The number of hydrogen-bond acceptors (Lipinski definition) is 5. The summed E-state index contributed by atoms with van der Waals surface area (Å²) in [4.78, 5) is 29.7. The summed E-state index contributed by atoms with van der Waals surface area (Å²) < 4.78 is 11.2. The van der Waals surface area contributed by atoms with Crippen LogP contribution in [-0.4, -0.2) is 17.6 Å². The van der Waals surface area contributed by atoms with E-state index >= 15 is 0 Å². The van der Waals surface area contributed by atoms with E-state index in [4.69, 9.17) is 9.15 Å². The minimum absolute atomic E-state index is 0.203. The first kappa shape index (κ1) is 17.9. The number of fused-ring (bicyclic) bond motifs is 2. The normalized spacial score (nSPS) is 11.1. The van der Waals surface area contributed by atoms with Crippen LogP contribution in [0.25, 0.3) is 22.1 Å². The van der Waals surface area contributed by atoms with Crippen molar-refractivity contribution in [1.82, 2.24) is 4.98 Å². The van der Waals surface area contributed by atoms with Crippen LogP contribution in [0.1, 0.15) is 27.2 Å². The molecule has 0 N–H and O–H groups in total. The number of pyridine rings is 1. The number of hydrogen-bond donors (Lipinski definition) is 0. The zero-order chi connectivity index (χ0) is 19.7. The standard InChI is InChI=1S/C23H19NO4/c1-14-8-9-20-18(12-14)21(25)19-13-17(15(2)24-22(19)28-20)23(26)27-11-10-16-6-4-3-5-7-16/h3-9,12-13H,10-11H2,1-2H3. The fraction of sp³-hybridized carbons (Fsp3) is 0.174. The molecule has 0 saturated heterocycles. The molecule has 28 heavy (non-hydrogen) atoms. The van der Waals surface area contributed by atoms with E-state index in [0.717, 1.165) is 11.1 Å². The quantitative estimate of drug-likeness (QED) is 0.393. The maximum Gasteiger partial charge on any atom is 0.340 e. The molecule has 4 rings (SSSR count). The van der Waals surface area contributed by atoms with Gasteiger partial charge < -0.3 is 9.15 Å². The highest BCUT2D eigenvalue weighted by Crippen LogP contribution is 2.21. The van der Waals surface area contributed by atoms with Crippen LogP contribution in [0.15, 0.2) is 63.8 Å². The average Bonchev–Trinajstić information content (AvgIpc) is 2.69. The highest BCUT2D eigenvalue weighted by Gasteiger charge is 2.17. The lowest BCUT2D eigenvalue weighted by molar-refractivity contribution is 0.0508. The van der Waals surface area contributed by atoms with Gasteiger partial charge >= 0.3 is 5.97 Å². The van der Waals surface area contributed by atoms with E-state index < -0.39 is 5.97 Å². The monoisotopic (exact) mass is 373 g/mol. The summed E-state index contributed by atoms with van der Waals surface area (Å²) in [5.74, 6) is -0.494. The van der Waals surface area contributed by atoms with Crippen molar-refractivity contribution in [2.45, 2.75) is 20.3 Å². The molecule has 2 heterocycles. The van der Waals surface area contributed by atoms with Crippen LogP contribution in [0, 0.1) is 13.8 Å². The predicted molar refractivity (Wildman–Crippen MR) is 108 cm³/mol. The minimum Gasteiger partial charge on any atom is -0.462 e. The van der Waals surface area contributed by atoms with Crippen LogP contribution in [0.4, 0.5) is 0 Å². The third-order valence-corrected chi connectivity index (χ3v) is 4.70. The largest absolute Gasteiger partial charge is 0.462 e. The van der Waals surface area contributed by atoms with Gasteiger partial charge in [0.2, 0.25) is 11.1 Å². The number of benzene rings is 2. The SMILES string of the molecule is Cc1ccc2oc3nc(C)c(C(=O)OCCc4ccccc4)cc3c(=O)c2c1. The van der Waals surface area contributed by atoms with Gasteiger partial charge in [0.25, 0.3) is 0 Å². The minimum atomic E-state index is -0.494. The fourth-order valence-electron chi connectivity index (χ4n) is 3.17. The number of esters is 1. The first-order valence-corrected chi connectivity index (χ1v) is 9.09. The highest BCUT2D eigenvalue weighted by molar-refractivity contribution is 5.96. The lowest BCUT2D eigenvalue weighted by Crippen LogP contribution is -2.12. The van der Waals surface area contributed by atoms with E-state index in [1.54, 1.807) is 19.1 Å².